The van der Waals surface area contributed by atoms with Crippen LogP contribution in [0.2, 0.25) is 0 Å². The molecule has 1 amide bonds. The van der Waals surface area contributed by atoms with E-state index in [2.05, 4.69) is 39.0 Å². The lowest BCUT2D eigenvalue weighted by molar-refractivity contribution is -0.129. The van der Waals surface area contributed by atoms with E-state index in [0.717, 1.165) is 21.7 Å². The zero-order valence-corrected chi connectivity index (χ0v) is 15.6. The summed E-state index contributed by atoms with van der Waals surface area (Å²) in [7, 11) is 1.79. The van der Waals surface area contributed by atoms with Gasteiger partial charge in [0, 0.05) is 38.8 Å². The van der Waals surface area contributed by atoms with Crippen LogP contribution in [0.15, 0.2) is 41.1 Å². The van der Waals surface area contributed by atoms with Gasteiger partial charge in [-0.05, 0) is 24.4 Å². The fourth-order valence-electron chi connectivity index (χ4n) is 2.62. The topological polar surface area (TPSA) is 85.8 Å². The Labute approximate surface area is 155 Å². The number of likely N-dealkylation sites (tertiary alicyclic amines) is 1. The van der Waals surface area contributed by atoms with Crippen molar-refractivity contribution < 1.29 is 4.79 Å². The Kier molecular flexibility index (Phi) is 5.17. The highest BCUT2D eigenvalue weighted by molar-refractivity contribution is 7.17. The molecule has 9 heteroatoms. The van der Waals surface area contributed by atoms with Crippen LogP contribution in [0.1, 0.15) is 6.92 Å². The predicted molar refractivity (Wildman–Crippen MR) is 106 cm³/mol. The van der Waals surface area contributed by atoms with E-state index in [9.17, 15) is 4.79 Å². The highest BCUT2D eigenvalue weighted by atomic mass is 32.1. The third-order valence-electron chi connectivity index (χ3n) is 3.92. The fraction of sp³-hybridized carbons (Fsp3) is 0.294. The Hall–Kier alpha value is -2.94. The molecule has 2 N–H and O–H groups in total. The standard InChI is InChI=1S/C17H21N7OS/c1-5-14(25)24-9-12(10-24)20-16-15-13(6-7-26-15)21-17(22-16)19-11(2)8-23(4)18-3/h5-8,12H,1,3,9-10H2,2,4H3,(H2,19,20,21,22)/b11-8+. The quantitative estimate of drug-likeness (QED) is 0.441. The molecule has 1 aliphatic heterocycles. The molecule has 3 rings (SSSR count). The van der Waals surface area contributed by atoms with Crippen molar-refractivity contribution in [2.75, 3.05) is 30.8 Å². The van der Waals surface area contributed by atoms with E-state index in [4.69, 9.17) is 0 Å². The van der Waals surface area contributed by atoms with E-state index in [1.807, 2.05) is 18.4 Å². The molecule has 0 atom stereocenters. The number of hydrogen-bond donors (Lipinski definition) is 2. The molecule has 2 aromatic rings. The Bertz CT molecular complexity index is 869. The van der Waals surface area contributed by atoms with Crippen molar-refractivity contribution in [3.8, 4) is 0 Å². The molecular formula is C17H21N7OS. The number of rotatable bonds is 7. The van der Waals surface area contributed by atoms with Crippen molar-refractivity contribution in [2.45, 2.75) is 13.0 Å². The SMILES string of the molecule is C=CC(=O)N1CC(Nc2nc(N/C(C)=C/N(C)N=C)nc3ccsc23)C1. The molecule has 0 aliphatic carbocycles. The van der Waals surface area contributed by atoms with Crippen molar-refractivity contribution in [3.05, 3.63) is 36.0 Å². The molecule has 0 aromatic carbocycles. The maximum Gasteiger partial charge on any atom is 0.246 e. The first-order valence-electron chi connectivity index (χ1n) is 8.08. The van der Waals surface area contributed by atoms with Crippen LogP contribution < -0.4 is 10.6 Å². The lowest BCUT2D eigenvalue weighted by Gasteiger charge is -2.39. The van der Waals surface area contributed by atoms with Gasteiger partial charge in [0.15, 0.2) is 0 Å². The summed E-state index contributed by atoms with van der Waals surface area (Å²) in [6.45, 7) is 10.2. The molecule has 0 bridgehead atoms. The second-order valence-electron chi connectivity index (χ2n) is 5.97. The van der Waals surface area contributed by atoms with Crippen LogP contribution >= 0.6 is 11.3 Å². The molecule has 1 fully saturated rings. The van der Waals surface area contributed by atoms with Gasteiger partial charge in [-0.25, -0.2) is 4.98 Å². The summed E-state index contributed by atoms with van der Waals surface area (Å²) in [5, 5.41) is 14.0. The number of anilines is 2. The second-order valence-corrected chi connectivity index (χ2v) is 6.89. The summed E-state index contributed by atoms with van der Waals surface area (Å²) in [5.41, 5.74) is 1.71. The monoisotopic (exact) mass is 371 g/mol. The molecule has 0 spiro atoms. The summed E-state index contributed by atoms with van der Waals surface area (Å²) in [6, 6.07) is 2.13. The van der Waals surface area contributed by atoms with E-state index in [-0.39, 0.29) is 11.9 Å². The number of hydrogen-bond acceptors (Lipinski definition) is 8. The number of aromatic nitrogens is 2. The summed E-state index contributed by atoms with van der Waals surface area (Å²) in [4.78, 5) is 22.5. The van der Waals surface area contributed by atoms with Gasteiger partial charge in [-0.1, -0.05) is 6.58 Å². The van der Waals surface area contributed by atoms with Crippen molar-refractivity contribution in [2.24, 2.45) is 5.10 Å². The van der Waals surface area contributed by atoms with Gasteiger partial charge in [-0.3, -0.25) is 9.80 Å². The third kappa shape index (κ3) is 3.83. The van der Waals surface area contributed by atoms with Crippen LogP contribution in [-0.4, -0.2) is 58.7 Å². The smallest absolute Gasteiger partial charge is 0.246 e. The summed E-state index contributed by atoms with van der Waals surface area (Å²) in [5.74, 6) is 1.23. The molecule has 8 nitrogen and oxygen atoms in total. The molecule has 0 saturated carbocycles. The molecule has 2 aromatic heterocycles. The average Bonchev–Trinajstić information content (AvgIpc) is 3.05. The van der Waals surface area contributed by atoms with Gasteiger partial charge in [0.05, 0.1) is 16.3 Å². The number of allylic oxidation sites excluding steroid dienone is 1. The minimum atomic E-state index is -0.0462. The Morgan fingerprint density at radius 3 is 2.96 bits per heavy atom. The van der Waals surface area contributed by atoms with Gasteiger partial charge in [0.25, 0.3) is 0 Å². The molecule has 0 radical (unpaired) electrons. The minimum absolute atomic E-state index is 0.0462. The molecule has 1 saturated heterocycles. The maximum atomic E-state index is 11.6. The Morgan fingerprint density at radius 1 is 1.50 bits per heavy atom. The Balaban J connectivity index is 1.76. The molecule has 1 aliphatic rings. The van der Waals surface area contributed by atoms with Crippen LogP contribution in [0.4, 0.5) is 11.8 Å². The number of amides is 1. The molecule has 26 heavy (non-hydrogen) atoms. The molecule has 0 unspecified atom stereocenters. The Morgan fingerprint density at radius 2 is 2.27 bits per heavy atom. The normalized spacial score (nSPS) is 14.7. The van der Waals surface area contributed by atoms with Crippen LogP contribution in [0.3, 0.4) is 0 Å². The number of thiophene rings is 1. The number of nitrogens with zero attached hydrogens (tertiary/aromatic N) is 5. The molecular weight excluding hydrogens is 350 g/mol. The van der Waals surface area contributed by atoms with Gasteiger partial charge in [-0.2, -0.15) is 10.1 Å². The van der Waals surface area contributed by atoms with Crippen LogP contribution in [0.5, 0.6) is 0 Å². The highest BCUT2D eigenvalue weighted by Gasteiger charge is 2.30. The second kappa shape index (κ2) is 7.52. The maximum absolute atomic E-state index is 11.6. The zero-order valence-electron chi connectivity index (χ0n) is 14.8. The minimum Gasteiger partial charge on any atom is -0.362 e. The van der Waals surface area contributed by atoms with E-state index < -0.39 is 0 Å². The van der Waals surface area contributed by atoms with Crippen molar-refractivity contribution in [1.29, 1.82) is 0 Å². The molecule has 136 valence electrons. The number of carbonyl (C=O) groups is 1. The number of carbonyl (C=O) groups excluding carboxylic acids is 1. The number of hydrazone groups is 1. The summed E-state index contributed by atoms with van der Waals surface area (Å²) < 4.78 is 0.996. The van der Waals surface area contributed by atoms with E-state index in [1.54, 1.807) is 34.5 Å². The van der Waals surface area contributed by atoms with Crippen LogP contribution in [0.25, 0.3) is 10.2 Å². The lowest BCUT2D eigenvalue weighted by atomic mass is 10.1. The van der Waals surface area contributed by atoms with Gasteiger partial charge in [-0.15, -0.1) is 11.3 Å². The molecule has 3 heterocycles. The van der Waals surface area contributed by atoms with E-state index in [0.29, 0.717) is 19.0 Å². The van der Waals surface area contributed by atoms with Crippen molar-refractivity contribution >= 4 is 45.9 Å². The van der Waals surface area contributed by atoms with Gasteiger partial charge in [0.2, 0.25) is 11.9 Å². The van der Waals surface area contributed by atoms with Crippen LogP contribution in [0, 0.1) is 0 Å². The predicted octanol–water partition coefficient (Wildman–Crippen LogP) is 2.32. The van der Waals surface area contributed by atoms with Gasteiger partial charge in [0.1, 0.15) is 5.82 Å². The van der Waals surface area contributed by atoms with Crippen molar-refractivity contribution in [1.82, 2.24) is 19.9 Å². The highest BCUT2D eigenvalue weighted by Crippen LogP contribution is 2.29. The summed E-state index contributed by atoms with van der Waals surface area (Å²) in [6.07, 6.45) is 3.14. The number of fused-ring (bicyclic) bond motifs is 1. The van der Waals surface area contributed by atoms with E-state index >= 15 is 0 Å². The van der Waals surface area contributed by atoms with Gasteiger partial charge >= 0.3 is 0 Å². The van der Waals surface area contributed by atoms with E-state index in [1.165, 1.54) is 6.08 Å². The first-order chi connectivity index (χ1) is 12.5. The first kappa shape index (κ1) is 17.9. The van der Waals surface area contributed by atoms with Crippen molar-refractivity contribution in [3.63, 3.8) is 0 Å². The average molecular weight is 371 g/mol. The van der Waals surface area contributed by atoms with Gasteiger partial charge < -0.3 is 15.5 Å². The summed E-state index contributed by atoms with van der Waals surface area (Å²) >= 11 is 1.59. The zero-order chi connectivity index (χ0) is 18.7. The largest absolute Gasteiger partial charge is 0.362 e. The lowest BCUT2D eigenvalue weighted by Crippen LogP contribution is -2.56. The first-order valence-corrected chi connectivity index (χ1v) is 8.96. The van der Waals surface area contributed by atoms with Crippen LogP contribution in [-0.2, 0) is 4.79 Å². The fourth-order valence-corrected chi connectivity index (χ4v) is 3.40. The third-order valence-corrected chi connectivity index (χ3v) is 4.84. The number of nitrogens with one attached hydrogen (secondary N) is 2.